The second-order valence-electron chi connectivity index (χ2n) is 16.6. The van der Waals surface area contributed by atoms with Gasteiger partial charge in [-0.15, -0.1) is 0 Å². The molecule has 9 heteroatoms. The Hall–Kier alpha value is -2.16. The summed E-state index contributed by atoms with van der Waals surface area (Å²) in [5.74, 6) is -2.19. The normalized spacial score (nSPS) is 13.6. The summed E-state index contributed by atoms with van der Waals surface area (Å²) in [6.45, 7) is 16.5. The molecular formula is C40H76N2O7. The van der Waals surface area contributed by atoms with Crippen LogP contribution in [-0.2, 0) is 23.9 Å². The first-order chi connectivity index (χ1) is 22.9. The number of carboxylic acids is 2. The number of rotatable bonds is 31. The average Bonchev–Trinajstić information content (AvgIpc) is 2.98. The highest BCUT2D eigenvalue weighted by Crippen LogP contribution is 2.34. The van der Waals surface area contributed by atoms with Crippen molar-refractivity contribution in [2.24, 2.45) is 10.8 Å². The lowest BCUT2D eigenvalue weighted by Crippen LogP contribution is -2.48. The molecule has 0 heterocycles. The van der Waals surface area contributed by atoms with Crippen molar-refractivity contribution < 1.29 is 34.1 Å². The van der Waals surface area contributed by atoms with Crippen LogP contribution in [0.4, 0.5) is 0 Å². The minimum Gasteiger partial charge on any atom is -0.481 e. The van der Waals surface area contributed by atoms with E-state index in [0.29, 0.717) is 51.7 Å². The maximum absolute atomic E-state index is 13.7. The van der Waals surface area contributed by atoms with E-state index in [-0.39, 0.29) is 17.9 Å². The molecule has 0 fully saturated rings. The highest BCUT2D eigenvalue weighted by molar-refractivity contribution is 6.01. The van der Waals surface area contributed by atoms with Crippen molar-refractivity contribution >= 4 is 23.8 Å². The fraction of sp³-hybridized carbons (Fsp3) is 0.900. The topological polar surface area (TPSA) is 142 Å². The smallest absolute Gasteiger partial charge is 0.319 e. The van der Waals surface area contributed by atoms with Crippen molar-refractivity contribution in [3.05, 3.63) is 0 Å². The molecule has 0 rings (SSSR count). The third kappa shape index (κ3) is 23.0. The first-order valence-electron chi connectivity index (χ1n) is 19.6. The van der Waals surface area contributed by atoms with Crippen molar-refractivity contribution in [2.45, 2.75) is 208 Å². The zero-order valence-corrected chi connectivity index (χ0v) is 32.9. The predicted molar refractivity (Wildman–Crippen MR) is 200 cm³/mol. The third-order valence-corrected chi connectivity index (χ3v) is 9.63. The van der Waals surface area contributed by atoms with Gasteiger partial charge < -0.3 is 25.6 Å². The fourth-order valence-corrected chi connectivity index (χ4v) is 6.09. The highest BCUT2D eigenvalue weighted by atomic mass is 16.5. The maximum atomic E-state index is 13.7. The van der Waals surface area contributed by atoms with Crippen LogP contribution in [0.15, 0.2) is 0 Å². The van der Waals surface area contributed by atoms with Crippen molar-refractivity contribution in [3.8, 4) is 0 Å². The Kier molecular flexibility index (Phi) is 23.8. The molecule has 0 bridgehead atoms. The molecule has 2 amide bonds. The third-order valence-electron chi connectivity index (χ3n) is 9.63. The zero-order valence-electron chi connectivity index (χ0n) is 32.9. The number of amides is 2. The summed E-state index contributed by atoms with van der Waals surface area (Å²) < 4.78 is 6.16. The number of hydrogen-bond acceptors (Lipinski definition) is 5. The quantitative estimate of drug-likeness (QED) is 0.0418. The lowest BCUT2D eigenvalue weighted by atomic mass is 9.76. The molecule has 0 spiro atoms. The predicted octanol–water partition coefficient (Wildman–Crippen LogP) is 9.60. The molecule has 0 radical (unpaired) electrons. The van der Waals surface area contributed by atoms with Gasteiger partial charge in [-0.25, -0.2) is 0 Å². The standard InChI is InChI=1S/C40H76N2O7/c1-9-10-11-12-13-15-18-21-24-27-40(36(47)48,28-25-22-19-16-14-17-20-23-26-33(43)44)35(46)41-31-29-39(7,8)49-32-30-38(5,6)34(45)42-37(2,3)4/h9-32H2,1-8H3,(H,41,46)(H,42,45)(H,43,44)(H,47,48). The molecular weight excluding hydrogens is 620 g/mol. The molecule has 49 heavy (non-hydrogen) atoms. The van der Waals surface area contributed by atoms with Crippen LogP contribution in [0.25, 0.3) is 0 Å². The molecule has 0 saturated heterocycles. The van der Waals surface area contributed by atoms with E-state index < -0.39 is 34.3 Å². The fourth-order valence-electron chi connectivity index (χ4n) is 6.09. The molecule has 0 aliphatic heterocycles. The molecule has 288 valence electrons. The van der Waals surface area contributed by atoms with E-state index in [1.807, 2.05) is 48.5 Å². The number of unbranched alkanes of at least 4 members (excludes halogenated alkanes) is 15. The summed E-state index contributed by atoms with van der Waals surface area (Å²) in [6, 6.07) is 0. The van der Waals surface area contributed by atoms with Crippen molar-refractivity contribution in [3.63, 3.8) is 0 Å². The largest absolute Gasteiger partial charge is 0.481 e. The van der Waals surface area contributed by atoms with E-state index in [1.165, 1.54) is 32.1 Å². The van der Waals surface area contributed by atoms with E-state index in [2.05, 4.69) is 17.6 Å². The number of carbonyl (C=O) groups is 4. The summed E-state index contributed by atoms with van der Waals surface area (Å²) in [5, 5.41) is 25.3. The molecule has 1 unspecified atom stereocenters. The summed E-state index contributed by atoms with van der Waals surface area (Å²) >= 11 is 0. The van der Waals surface area contributed by atoms with Crippen molar-refractivity contribution in [1.82, 2.24) is 10.6 Å². The molecule has 0 aromatic heterocycles. The Labute approximate surface area is 299 Å². The second kappa shape index (κ2) is 24.9. The van der Waals surface area contributed by atoms with Crippen LogP contribution >= 0.6 is 0 Å². The number of ether oxygens (including phenoxy) is 1. The maximum Gasteiger partial charge on any atom is 0.319 e. The molecule has 0 aliphatic rings. The molecule has 0 aliphatic carbocycles. The van der Waals surface area contributed by atoms with Gasteiger partial charge in [0.2, 0.25) is 11.8 Å². The van der Waals surface area contributed by atoms with Crippen LogP contribution in [0.3, 0.4) is 0 Å². The van der Waals surface area contributed by atoms with Crippen LogP contribution in [-0.4, -0.2) is 58.3 Å². The van der Waals surface area contributed by atoms with Crippen molar-refractivity contribution in [2.75, 3.05) is 13.2 Å². The van der Waals surface area contributed by atoms with Gasteiger partial charge >= 0.3 is 11.9 Å². The van der Waals surface area contributed by atoms with Crippen LogP contribution in [0.2, 0.25) is 0 Å². The summed E-state index contributed by atoms with van der Waals surface area (Å²) in [7, 11) is 0. The van der Waals surface area contributed by atoms with Gasteiger partial charge in [-0.05, 0) is 66.7 Å². The van der Waals surface area contributed by atoms with E-state index in [1.54, 1.807) is 0 Å². The summed E-state index contributed by atoms with van der Waals surface area (Å²) in [6.07, 6.45) is 19.3. The number of aliphatic carboxylic acids is 2. The van der Waals surface area contributed by atoms with Gasteiger partial charge in [0.05, 0.1) is 5.60 Å². The van der Waals surface area contributed by atoms with Crippen LogP contribution in [0, 0.1) is 10.8 Å². The number of carbonyl (C=O) groups excluding carboxylic acids is 2. The monoisotopic (exact) mass is 697 g/mol. The molecule has 0 aromatic carbocycles. The highest BCUT2D eigenvalue weighted by Gasteiger charge is 2.45. The number of carboxylic acid groups (broad SMARTS) is 2. The van der Waals surface area contributed by atoms with Gasteiger partial charge in [-0.2, -0.15) is 0 Å². The number of nitrogens with one attached hydrogen (secondary N) is 2. The molecule has 9 nitrogen and oxygen atoms in total. The Morgan fingerprint density at radius 3 is 1.45 bits per heavy atom. The van der Waals surface area contributed by atoms with Gasteiger partial charge in [-0.3, -0.25) is 19.2 Å². The van der Waals surface area contributed by atoms with Crippen molar-refractivity contribution in [1.29, 1.82) is 0 Å². The minimum atomic E-state index is -1.44. The van der Waals surface area contributed by atoms with E-state index in [4.69, 9.17) is 9.84 Å². The lowest BCUT2D eigenvalue weighted by Gasteiger charge is -2.32. The summed E-state index contributed by atoms with van der Waals surface area (Å²) in [4.78, 5) is 49.9. The van der Waals surface area contributed by atoms with Gasteiger partial charge in [0, 0.05) is 30.5 Å². The van der Waals surface area contributed by atoms with Gasteiger partial charge in [0.1, 0.15) is 5.41 Å². The van der Waals surface area contributed by atoms with Crippen LogP contribution in [0.5, 0.6) is 0 Å². The van der Waals surface area contributed by atoms with Gasteiger partial charge in [0.15, 0.2) is 0 Å². The van der Waals surface area contributed by atoms with Crippen LogP contribution < -0.4 is 10.6 Å². The second-order valence-corrected chi connectivity index (χ2v) is 16.6. The van der Waals surface area contributed by atoms with E-state index in [0.717, 1.165) is 64.2 Å². The van der Waals surface area contributed by atoms with E-state index in [9.17, 15) is 24.3 Å². The molecule has 0 aromatic rings. The Balaban J connectivity index is 5.07. The lowest BCUT2D eigenvalue weighted by molar-refractivity contribution is -0.157. The van der Waals surface area contributed by atoms with Gasteiger partial charge in [-0.1, -0.05) is 124 Å². The minimum absolute atomic E-state index is 0.0152. The SMILES string of the molecule is CCCCCCCCCCCC(CCCCCCCCCCC(=O)O)(C(=O)O)C(=O)NCCC(C)(C)OCCC(C)(C)C(=O)NC(C)(C)C. The summed E-state index contributed by atoms with van der Waals surface area (Å²) in [5.41, 5.74) is -2.89. The molecule has 1 atom stereocenters. The first kappa shape index (κ1) is 46.8. The number of hydrogen-bond donors (Lipinski definition) is 4. The Morgan fingerprint density at radius 1 is 0.571 bits per heavy atom. The van der Waals surface area contributed by atoms with Gasteiger partial charge in [0.25, 0.3) is 0 Å². The first-order valence-corrected chi connectivity index (χ1v) is 19.6. The Bertz CT molecular complexity index is 941. The average molecular weight is 697 g/mol. The Morgan fingerprint density at radius 2 is 1.02 bits per heavy atom. The molecule has 0 saturated carbocycles. The van der Waals surface area contributed by atoms with Crippen LogP contribution in [0.1, 0.15) is 197 Å². The molecule has 4 N–H and O–H groups in total. The van der Waals surface area contributed by atoms with E-state index >= 15 is 0 Å². The zero-order chi connectivity index (χ0) is 37.4.